The number of hydrogen-bond donors (Lipinski definition) is 1. The van der Waals surface area contributed by atoms with E-state index in [2.05, 4.69) is 32.9 Å². The van der Waals surface area contributed by atoms with Gasteiger partial charge in [0.15, 0.2) is 6.29 Å². The summed E-state index contributed by atoms with van der Waals surface area (Å²) in [5.41, 5.74) is 3.54. The second-order valence-electron chi connectivity index (χ2n) is 10.7. The van der Waals surface area contributed by atoms with Crippen molar-refractivity contribution >= 4 is 0 Å². The van der Waals surface area contributed by atoms with Crippen LogP contribution in [0.3, 0.4) is 0 Å². The van der Waals surface area contributed by atoms with Crippen molar-refractivity contribution in [3.8, 4) is 0 Å². The highest BCUT2D eigenvalue weighted by molar-refractivity contribution is 5.42. The average Bonchev–Trinajstić information content (AvgIpc) is 3.17. The Morgan fingerprint density at radius 3 is 2.64 bits per heavy atom. The quantitative estimate of drug-likeness (QED) is 0.733. The maximum Gasteiger partial charge on any atom is 0.160 e. The minimum absolute atomic E-state index is 0.0110. The maximum absolute atomic E-state index is 10.3. The van der Waals surface area contributed by atoms with Crippen LogP contribution in [0.25, 0.3) is 0 Å². The van der Waals surface area contributed by atoms with Crippen LogP contribution in [0.5, 0.6) is 0 Å². The van der Waals surface area contributed by atoms with E-state index < -0.39 is 0 Å². The molecule has 6 aliphatic rings. The molecule has 4 unspecified atom stereocenters. The summed E-state index contributed by atoms with van der Waals surface area (Å²) >= 11 is 0. The molecule has 3 saturated carbocycles. The SMILES string of the molecule is CC(C1OCCO1)[C@H]1CC[C@H]2C3=CC=C4CC(O)C5OC5[C@]4(C)[C@H]3CC[C@]12C. The van der Waals surface area contributed by atoms with E-state index in [-0.39, 0.29) is 30.0 Å². The molecule has 0 radical (unpaired) electrons. The summed E-state index contributed by atoms with van der Waals surface area (Å²) in [6, 6.07) is 0. The molecule has 0 aromatic carbocycles. The first-order chi connectivity index (χ1) is 13.4. The number of allylic oxidation sites excluding steroid dienone is 3. The van der Waals surface area contributed by atoms with Gasteiger partial charge in [0, 0.05) is 11.3 Å². The van der Waals surface area contributed by atoms with E-state index in [0.717, 1.165) is 19.6 Å². The Morgan fingerprint density at radius 2 is 1.86 bits per heavy atom. The second-order valence-corrected chi connectivity index (χ2v) is 10.7. The zero-order valence-corrected chi connectivity index (χ0v) is 17.4. The van der Waals surface area contributed by atoms with E-state index >= 15 is 0 Å². The lowest BCUT2D eigenvalue weighted by molar-refractivity contribution is -0.111. The van der Waals surface area contributed by atoms with Crippen molar-refractivity contribution in [3.05, 3.63) is 23.3 Å². The van der Waals surface area contributed by atoms with E-state index in [0.29, 0.717) is 29.1 Å². The largest absolute Gasteiger partial charge is 0.390 e. The van der Waals surface area contributed by atoms with Gasteiger partial charge in [-0.15, -0.1) is 0 Å². The zero-order valence-electron chi connectivity index (χ0n) is 17.4. The van der Waals surface area contributed by atoms with Crippen molar-refractivity contribution in [2.45, 2.75) is 77.5 Å². The smallest absolute Gasteiger partial charge is 0.160 e. The number of fused-ring (bicyclic) bond motifs is 7. The Kier molecular flexibility index (Phi) is 3.84. The second kappa shape index (κ2) is 5.94. The van der Waals surface area contributed by atoms with Crippen LogP contribution >= 0.6 is 0 Å². The zero-order chi connectivity index (χ0) is 19.3. The van der Waals surface area contributed by atoms with Crippen molar-refractivity contribution in [2.75, 3.05) is 13.2 Å². The summed E-state index contributed by atoms with van der Waals surface area (Å²) in [7, 11) is 0. The van der Waals surface area contributed by atoms with Crippen LogP contribution in [0.2, 0.25) is 0 Å². The minimum atomic E-state index is -0.309. The van der Waals surface area contributed by atoms with Crippen molar-refractivity contribution in [3.63, 3.8) is 0 Å². The topological polar surface area (TPSA) is 51.2 Å². The van der Waals surface area contributed by atoms with Gasteiger partial charge in [-0.25, -0.2) is 0 Å². The molecule has 9 atom stereocenters. The number of aliphatic hydroxyl groups is 1. The van der Waals surface area contributed by atoms with E-state index in [4.69, 9.17) is 14.2 Å². The molecule has 6 rings (SSSR count). The number of ether oxygens (including phenoxy) is 3. The highest BCUT2D eigenvalue weighted by atomic mass is 16.7. The Labute approximate surface area is 168 Å². The molecule has 4 heteroatoms. The molecule has 4 nitrogen and oxygen atoms in total. The minimum Gasteiger partial charge on any atom is -0.390 e. The summed E-state index contributed by atoms with van der Waals surface area (Å²) < 4.78 is 17.8. The van der Waals surface area contributed by atoms with Gasteiger partial charge in [-0.3, -0.25) is 0 Å². The van der Waals surface area contributed by atoms with Crippen LogP contribution < -0.4 is 0 Å². The molecule has 154 valence electrons. The first kappa shape index (κ1) is 18.1. The lowest BCUT2D eigenvalue weighted by atomic mass is 9.50. The van der Waals surface area contributed by atoms with E-state index in [1.165, 1.54) is 31.3 Å². The van der Waals surface area contributed by atoms with Crippen molar-refractivity contribution in [1.82, 2.24) is 0 Å². The molecule has 0 aromatic heterocycles. The number of rotatable bonds is 2. The summed E-state index contributed by atoms with van der Waals surface area (Å²) in [6.45, 7) is 8.80. The third-order valence-corrected chi connectivity index (χ3v) is 9.72. The Balaban J connectivity index is 1.32. The monoisotopic (exact) mass is 386 g/mol. The Bertz CT molecular complexity index is 737. The van der Waals surface area contributed by atoms with Gasteiger partial charge in [-0.2, -0.15) is 0 Å². The van der Waals surface area contributed by atoms with Crippen LogP contribution in [0.15, 0.2) is 23.3 Å². The molecule has 4 aliphatic carbocycles. The molecule has 1 N–H and O–H groups in total. The predicted molar refractivity (Wildman–Crippen MR) is 105 cm³/mol. The van der Waals surface area contributed by atoms with E-state index in [1.54, 1.807) is 5.57 Å². The molecule has 0 amide bonds. The fourth-order valence-electron chi connectivity index (χ4n) is 8.16. The van der Waals surface area contributed by atoms with Crippen LogP contribution in [0.1, 0.15) is 52.9 Å². The average molecular weight is 387 g/mol. The molecule has 0 spiro atoms. The Morgan fingerprint density at radius 1 is 1.07 bits per heavy atom. The molecular formula is C24H34O4. The van der Waals surface area contributed by atoms with Gasteiger partial charge >= 0.3 is 0 Å². The molecular weight excluding hydrogens is 352 g/mol. The normalized spacial score (nSPS) is 53.4. The van der Waals surface area contributed by atoms with Crippen molar-refractivity contribution in [2.24, 2.45) is 34.5 Å². The summed E-state index contributed by atoms with van der Waals surface area (Å²) in [5.74, 6) is 2.37. The molecule has 0 aromatic rings. The van der Waals surface area contributed by atoms with Crippen LogP contribution in [0.4, 0.5) is 0 Å². The fraction of sp³-hybridized carbons (Fsp3) is 0.833. The van der Waals surface area contributed by atoms with Gasteiger partial charge < -0.3 is 19.3 Å². The third-order valence-electron chi connectivity index (χ3n) is 9.72. The first-order valence-electron chi connectivity index (χ1n) is 11.4. The fourth-order valence-corrected chi connectivity index (χ4v) is 8.16. The number of epoxide rings is 1. The van der Waals surface area contributed by atoms with Gasteiger partial charge in [-0.05, 0) is 55.3 Å². The predicted octanol–water partition coefficient (Wildman–Crippen LogP) is 3.84. The number of hydrogen-bond acceptors (Lipinski definition) is 4. The van der Waals surface area contributed by atoms with E-state index in [9.17, 15) is 5.11 Å². The van der Waals surface area contributed by atoms with Crippen molar-refractivity contribution in [1.29, 1.82) is 0 Å². The maximum atomic E-state index is 10.3. The molecule has 2 heterocycles. The molecule has 28 heavy (non-hydrogen) atoms. The molecule has 2 aliphatic heterocycles. The first-order valence-corrected chi connectivity index (χ1v) is 11.4. The molecule has 0 bridgehead atoms. The lowest BCUT2D eigenvalue weighted by Gasteiger charge is -2.54. The Hall–Kier alpha value is -0.680. The highest BCUT2D eigenvalue weighted by Crippen LogP contribution is 2.68. The van der Waals surface area contributed by atoms with Gasteiger partial charge in [0.2, 0.25) is 0 Å². The van der Waals surface area contributed by atoms with E-state index in [1.807, 2.05) is 0 Å². The number of aliphatic hydroxyl groups excluding tert-OH is 1. The van der Waals surface area contributed by atoms with Gasteiger partial charge in [0.25, 0.3) is 0 Å². The van der Waals surface area contributed by atoms with Crippen molar-refractivity contribution < 1.29 is 19.3 Å². The summed E-state index contributed by atoms with van der Waals surface area (Å²) in [4.78, 5) is 0. The van der Waals surface area contributed by atoms with Gasteiger partial charge in [0.1, 0.15) is 6.10 Å². The van der Waals surface area contributed by atoms with Crippen LogP contribution in [-0.2, 0) is 14.2 Å². The third kappa shape index (κ3) is 2.21. The summed E-state index contributed by atoms with van der Waals surface area (Å²) in [6.07, 6.45) is 10.6. The highest BCUT2D eigenvalue weighted by Gasteiger charge is 2.66. The lowest BCUT2D eigenvalue weighted by Crippen LogP contribution is -2.50. The summed E-state index contributed by atoms with van der Waals surface area (Å²) in [5, 5.41) is 10.3. The van der Waals surface area contributed by atoms with Gasteiger partial charge in [0.05, 0.1) is 25.4 Å². The molecule has 2 saturated heterocycles. The van der Waals surface area contributed by atoms with Gasteiger partial charge in [-0.1, -0.05) is 44.1 Å². The molecule has 5 fully saturated rings. The standard InChI is InChI=1S/C24H34O4/c1-13(22-26-10-11-27-22)16-6-7-17-15-5-4-14-12-19(25)20-21(28-20)24(14,3)18(15)8-9-23(16,17)2/h4-5,13,16-22,25H,6-12H2,1-3H3/t13?,16-,17+,18+,19?,20?,21?,23-,24+/m1/s1. The van der Waals surface area contributed by atoms with Crippen LogP contribution in [-0.4, -0.2) is 42.9 Å². The van der Waals surface area contributed by atoms with Crippen LogP contribution in [0, 0.1) is 34.5 Å².